The number of alkyl halides is 2. The van der Waals surface area contributed by atoms with Crippen LogP contribution in [-0.4, -0.2) is 24.8 Å². The summed E-state index contributed by atoms with van der Waals surface area (Å²) < 4.78 is 45.8. The van der Waals surface area contributed by atoms with Crippen LogP contribution >= 0.6 is 0 Å². The fraction of sp³-hybridized carbons (Fsp3) is 0.182. The molecule has 4 nitrogen and oxygen atoms in total. The predicted octanol–water partition coefficient (Wildman–Crippen LogP) is 2.69. The van der Waals surface area contributed by atoms with Crippen molar-refractivity contribution in [2.75, 3.05) is 7.11 Å². The number of aliphatic carboxylic acids is 1. The highest BCUT2D eigenvalue weighted by molar-refractivity contribution is 5.89. The minimum Gasteiger partial charge on any atom is -0.493 e. The highest BCUT2D eigenvalue weighted by Gasteiger charge is 2.11. The van der Waals surface area contributed by atoms with Gasteiger partial charge in [-0.25, -0.2) is 4.79 Å². The summed E-state index contributed by atoms with van der Waals surface area (Å²) in [5.41, 5.74) is 0.147. The molecular formula is C11H9F3O4. The average molecular weight is 262 g/mol. The van der Waals surface area contributed by atoms with E-state index >= 15 is 0 Å². The first kappa shape index (κ1) is 13.9. The van der Waals surface area contributed by atoms with E-state index in [0.717, 1.165) is 12.1 Å². The van der Waals surface area contributed by atoms with Crippen molar-refractivity contribution in [3.63, 3.8) is 0 Å². The number of benzene rings is 1. The summed E-state index contributed by atoms with van der Waals surface area (Å²) in [5.74, 6) is -3.37. The third-order valence-corrected chi connectivity index (χ3v) is 1.90. The molecule has 0 heterocycles. The molecule has 98 valence electrons. The molecule has 0 unspecified atom stereocenters. The van der Waals surface area contributed by atoms with Gasteiger partial charge in [-0.2, -0.15) is 13.2 Å². The minimum atomic E-state index is -3.02. The van der Waals surface area contributed by atoms with Gasteiger partial charge in [-0.15, -0.1) is 0 Å². The predicted molar refractivity (Wildman–Crippen MR) is 56.3 cm³/mol. The Morgan fingerprint density at radius 3 is 2.56 bits per heavy atom. The van der Waals surface area contributed by atoms with Crippen molar-refractivity contribution in [2.24, 2.45) is 0 Å². The fourth-order valence-corrected chi connectivity index (χ4v) is 1.18. The van der Waals surface area contributed by atoms with E-state index in [2.05, 4.69) is 4.74 Å². The van der Waals surface area contributed by atoms with Crippen LogP contribution in [0, 0.1) is 0 Å². The normalized spacial score (nSPS) is 11.5. The van der Waals surface area contributed by atoms with Crippen LogP contribution in [0.4, 0.5) is 13.2 Å². The molecule has 0 radical (unpaired) electrons. The average Bonchev–Trinajstić information content (AvgIpc) is 2.30. The maximum Gasteiger partial charge on any atom is 0.387 e. The van der Waals surface area contributed by atoms with Crippen molar-refractivity contribution in [1.82, 2.24) is 0 Å². The van der Waals surface area contributed by atoms with Crippen LogP contribution < -0.4 is 9.47 Å². The molecule has 0 saturated carbocycles. The van der Waals surface area contributed by atoms with Crippen molar-refractivity contribution in [3.05, 3.63) is 29.6 Å². The van der Waals surface area contributed by atoms with E-state index in [1.54, 1.807) is 0 Å². The van der Waals surface area contributed by atoms with Crippen molar-refractivity contribution < 1.29 is 32.5 Å². The molecule has 1 N–H and O–H groups in total. The molecule has 0 spiro atoms. The second-order valence-corrected chi connectivity index (χ2v) is 3.09. The van der Waals surface area contributed by atoms with Crippen LogP contribution in [0.5, 0.6) is 11.5 Å². The van der Waals surface area contributed by atoms with Gasteiger partial charge in [0, 0.05) is 0 Å². The van der Waals surface area contributed by atoms with E-state index in [1.165, 1.54) is 19.2 Å². The molecule has 0 amide bonds. The lowest BCUT2D eigenvalue weighted by atomic mass is 10.2. The molecule has 0 aromatic heterocycles. The van der Waals surface area contributed by atoms with E-state index in [9.17, 15) is 18.0 Å². The molecule has 18 heavy (non-hydrogen) atoms. The number of hydrogen-bond acceptors (Lipinski definition) is 3. The highest BCUT2D eigenvalue weighted by atomic mass is 19.3. The number of hydrogen-bond donors (Lipinski definition) is 1. The first-order valence-electron chi connectivity index (χ1n) is 4.67. The summed E-state index contributed by atoms with van der Waals surface area (Å²) in [6, 6.07) is 3.54. The zero-order valence-electron chi connectivity index (χ0n) is 9.19. The molecule has 1 rings (SSSR count). The summed E-state index contributed by atoms with van der Waals surface area (Å²) in [4.78, 5) is 10.3. The molecule has 1 aromatic rings. The van der Waals surface area contributed by atoms with Gasteiger partial charge in [0.05, 0.1) is 7.11 Å². The van der Waals surface area contributed by atoms with Gasteiger partial charge in [-0.1, -0.05) is 6.07 Å². The molecule has 0 aliphatic heterocycles. The molecule has 0 aliphatic rings. The standard InChI is InChI=1S/C11H9F3O4/c1-17-9-5-6(4-7(12)10(15)16)2-3-8(9)18-11(13)14/h2-5,11H,1H3,(H,15,16). The zero-order valence-corrected chi connectivity index (χ0v) is 9.19. The second kappa shape index (κ2) is 5.95. The lowest BCUT2D eigenvalue weighted by Gasteiger charge is -2.10. The Morgan fingerprint density at radius 1 is 1.39 bits per heavy atom. The van der Waals surface area contributed by atoms with Gasteiger partial charge in [-0.05, 0) is 23.8 Å². The fourth-order valence-electron chi connectivity index (χ4n) is 1.18. The van der Waals surface area contributed by atoms with E-state index in [4.69, 9.17) is 9.84 Å². The summed E-state index contributed by atoms with van der Waals surface area (Å²) in [6.45, 7) is -3.02. The number of carbonyl (C=O) groups is 1. The third kappa shape index (κ3) is 3.69. The minimum absolute atomic E-state index is 0.0535. The number of rotatable bonds is 5. The maximum atomic E-state index is 12.8. The summed E-state index contributed by atoms with van der Waals surface area (Å²) in [6.07, 6.45) is 0.733. The van der Waals surface area contributed by atoms with E-state index in [1.807, 2.05) is 0 Å². The molecule has 0 atom stereocenters. The number of carboxylic acids is 1. The van der Waals surface area contributed by atoms with Crippen LogP contribution in [0.15, 0.2) is 24.0 Å². The topological polar surface area (TPSA) is 55.8 Å². The highest BCUT2D eigenvalue weighted by Crippen LogP contribution is 2.30. The van der Waals surface area contributed by atoms with Crippen LogP contribution in [-0.2, 0) is 4.79 Å². The maximum absolute atomic E-state index is 12.8. The van der Waals surface area contributed by atoms with Gasteiger partial charge >= 0.3 is 12.6 Å². The lowest BCUT2D eigenvalue weighted by molar-refractivity contribution is -0.134. The first-order valence-corrected chi connectivity index (χ1v) is 4.67. The Labute approximate surface area is 100 Å². The molecular weight excluding hydrogens is 253 g/mol. The zero-order chi connectivity index (χ0) is 13.7. The summed E-state index contributed by atoms with van der Waals surface area (Å²) in [7, 11) is 1.22. The van der Waals surface area contributed by atoms with Crippen molar-refractivity contribution in [3.8, 4) is 11.5 Å². The van der Waals surface area contributed by atoms with Crippen LogP contribution in [0.25, 0.3) is 6.08 Å². The van der Waals surface area contributed by atoms with Gasteiger partial charge < -0.3 is 14.6 Å². The van der Waals surface area contributed by atoms with Crippen molar-refractivity contribution >= 4 is 12.0 Å². The molecule has 0 saturated heterocycles. The number of ether oxygens (including phenoxy) is 2. The smallest absolute Gasteiger partial charge is 0.387 e. The Hall–Kier alpha value is -2.18. The Kier molecular flexibility index (Phi) is 4.59. The van der Waals surface area contributed by atoms with Crippen molar-refractivity contribution in [1.29, 1.82) is 0 Å². The lowest BCUT2D eigenvalue weighted by Crippen LogP contribution is -2.03. The van der Waals surface area contributed by atoms with Crippen LogP contribution in [0.3, 0.4) is 0 Å². The Morgan fingerprint density at radius 2 is 2.06 bits per heavy atom. The van der Waals surface area contributed by atoms with E-state index in [-0.39, 0.29) is 17.1 Å². The van der Waals surface area contributed by atoms with E-state index in [0.29, 0.717) is 0 Å². The molecule has 0 aliphatic carbocycles. The molecule has 1 aromatic carbocycles. The largest absolute Gasteiger partial charge is 0.493 e. The molecule has 0 fully saturated rings. The van der Waals surface area contributed by atoms with Gasteiger partial charge in [0.2, 0.25) is 5.83 Å². The van der Waals surface area contributed by atoms with Crippen LogP contribution in [0.1, 0.15) is 5.56 Å². The van der Waals surface area contributed by atoms with Gasteiger partial charge in [0.15, 0.2) is 11.5 Å². The van der Waals surface area contributed by atoms with E-state index < -0.39 is 18.4 Å². The Bertz CT molecular complexity index is 471. The first-order chi connectivity index (χ1) is 8.43. The van der Waals surface area contributed by atoms with Gasteiger partial charge in [0.1, 0.15) is 0 Å². The quantitative estimate of drug-likeness (QED) is 0.829. The Balaban J connectivity index is 3.05. The number of methoxy groups -OCH3 is 1. The number of halogens is 3. The number of carboxylic acid groups (broad SMARTS) is 1. The van der Waals surface area contributed by atoms with Gasteiger partial charge in [0.25, 0.3) is 0 Å². The second-order valence-electron chi connectivity index (χ2n) is 3.09. The van der Waals surface area contributed by atoms with Crippen molar-refractivity contribution in [2.45, 2.75) is 6.61 Å². The third-order valence-electron chi connectivity index (χ3n) is 1.90. The summed E-state index contributed by atoms with van der Waals surface area (Å²) in [5, 5.41) is 8.34. The summed E-state index contributed by atoms with van der Waals surface area (Å²) >= 11 is 0. The monoisotopic (exact) mass is 262 g/mol. The molecule has 0 bridgehead atoms. The SMILES string of the molecule is COc1cc(C=C(F)C(=O)O)ccc1OC(F)F. The van der Waals surface area contributed by atoms with Crippen LogP contribution in [0.2, 0.25) is 0 Å². The molecule has 7 heteroatoms. The van der Waals surface area contributed by atoms with Gasteiger partial charge in [-0.3, -0.25) is 0 Å².